The Labute approximate surface area is 312 Å². The Bertz CT molecular complexity index is 2210. The number of nitrogens with two attached hydrogens (primary N) is 1. The lowest BCUT2D eigenvalue weighted by molar-refractivity contribution is -0.142. The highest BCUT2D eigenvalue weighted by molar-refractivity contribution is 7.23. The van der Waals surface area contributed by atoms with Crippen LogP contribution in [-0.4, -0.2) is 103 Å². The van der Waals surface area contributed by atoms with Gasteiger partial charge in [-0.1, -0.05) is 17.7 Å². The number of benzene rings is 2. The van der Waals surface area contributed by atoms with Gasteiger partial charge in [-0.3, -0.25) is 9.69 Å². The molecule has 3 atom stereocenters. The molecule has 3 saturated heterocycles. The minimum atomic E-state index is -0.969. The van der Waals surface area contributed by atoms with E-state index in [4.69, 9.17) is 36.5 Å². The summed E-state index contributed by atoms with van der Waals surface area (Å²) in [7, 11) is 1.66. The smallest absolute Gasteiger partial charge is 0.319 e. The van der Waals surface area contributed by atoms with Crippen molar-refractivity contribution in [2.45, 2.75) is 62.4 Å². The molecule has 53 heavy (non-hydrogen) atoms. The van der Waals surface area contributed by atoms with Gasteiger partial charge in [0, 0.05) is 56.1 Å². The standard InChI is InChI=1S/C37H37ClF3N7O4S/c1-50-21-11-18(12-21)35(49)46-8-5-20(16-46)48-9-10-51-31-27-30(44-36(45-34(27)48)52-17-37-6-2-7-47(37)15-19(39)13-37)29(41)26(28(31)38)22-3-4-24(40)32-25(22)23(14-42)33(43)53-32/h3-4,18-21H,2,5-13,15-17,43H2,1H3/t18?,19-,20?,21?,37+/m1/s1. The number of carbonyl (C=O) groups is 1. The molecule has 1 unspecified atom stereocenters. The van der Waals surface area contributed by atoms with E-state index in [1.807, 2.05) is 15.9 Å². The number of amides is 1. The van der Waals surface area contributed by atoms with E-state index in [1.54, 1.807) is 7.11 Å². The average molecular weight is 768 g/mol. The first-order chi connectivity index (χ1) is 25.6. The Morgan fingerprint density at radius 1 is 1.21 bits per heavy atom. The third-order valence-corrected chi connectivity index (χ3v) is 13.3. The number of anilines is 2. The van der Waals surface area contributed by atoms with E-state index in [9.17, 15) is 14.4 Å². The normalized spacial score (nSPS) is 26.8. The molecule has 2 aromatic heterocycles. The second-order valence-corrected chi connectivity index (χ2v) is 16.2. The van der Waals surface area contributed by atoms with Crippen LogP contribution in [0.5, 0.6) is 11.8 Å². The van der Waals surface area contributed by atoms with Gasteiger partial charge in [-0.05, 0) is 50.3 Å². The Morgan fingerprint density at radius 3 is 2.83 bits per heavy atom. The van der Waals surface area contributed by atoms with Crippen molar-refractivity contribution in [1.82, 2.24) is 19.8 Å². The van der Waals surface area contributed by atoms with E-state index < -0.39 is 23.3 Å². The zero-order valence-corrected chi connectivity index (χ0v) is 30.5. The summed E-state index contributed by atoms with van der Waals surface area (Å²) in [5.41, 5.74) is 5.54. The molecule has 2 aromatic carbocycles. The predicted octanol–water partition coefficient (Wildman–Crippen LogP) is 6.08. The largest absolute Gasteiger partial charge is 0.489 e. The number of halogens is 4. The summed E-state index contributed by atoms with van der Waals surface area (Å²) in [4.78, 5) is 28.9. The molecule has 1 aliphatic carbocycles. The number of rotatable bonds is 7. The van der Waals surface area contributed by atoms with E-state index in [0.717, 1.165) is 30.7 Å². The van der Waals surface area contributed by atoms with Gasteiger partial charge in [0.15, 0.2) is 11.6 Å². The van der Waals surface area contributed by atoms with Crippen LogP contribution in [0.2, 0.25) is 5.02 Å². The maximum Gasteiger partial charge on any atom is 0.319 e. The van der Waals surface area contributed by atoms with E-state index >= 15 is 8.78 Å². The van der Waals surface area contributed by atoms with Crippen molar-refractivity contribution in [2.24, 2.45) is 5.92 Å². The minimum Gasteiger partial charge on any atom is -0.489 e. The molecule has 1 saturated carbocycles. The average Bonchev–Trinajstić information content (AvgIpc) is 3.87. The molecule has 9 rings (SSSR count). The number of methoxy groups -OCH3 is 1. The van der Waals surface area contributed by atoms with Crippen LogP contribution in [0.3, 0.4) is 0 Å². The molecule has 0 radical (unpaired) electrons. The van der Waals surface area contributed by atoms with Crippen molar-refractivity contribution in [3.05, 3.63) is 34.4 Å². The molecule has 4 aliphatic heterocycles. The third kappa shape index (κ3) is 5.46. The summed E-state index contributed by atoms with van der Waals surface area (Å²) in [6.07, 6.45) is 3.19. The van der Waals surface area contributed by atoms with Gasteiger partial charge in [0.2, 0.25) is 5.91 Å². The number of fused-ring (bicyclic) bond motifs is 2. The van der Waals surface area contributed by atoms with Crippen LogP contribution in [0.4, 0.5) is 24.0 Å². The summed E-state index contributed by atoms with van der Waals surface area (Å²) < 4.78 is 65.2. The zero-order chi connectivity index (χ0) is 36.8. The van der Waals surface area contributed by atoms with E-state index in [0.29, 0.717) is 57.7 Å². The molecule has 0 spiro atoms. The van der Waals surface area contributed by atoms with Gasteiger partial charge < -0.3 is 29.7 Å². The molecule has 0 bridgehead atoms. The lowest BCUT2D eigenvalue weighted by atomic mass is 9.81. The molecule has 16 heteroatoms. The summed E-state index contributed by atoms with van der Waals surface area (Å²) in [6.45, 7) is 2.73. The first kappa shape index (κ1) is 34.7. The van der Waals surface area contributed by atoms with Gasteiger partial charge in [0.1, 0.15) is 47.6 Å². The van der Waals surface area contributed by atoms with Crippen molar-refractivity contribution in [3.63, 3.8) is 0 Å². The van der Waals surface area contributed by atoms with Crippen LogP contribution >= 0.6 is 22.9 Å². The highest BCUT2D eigenvalue weighted by atomic mass is 35.5. The number of carbonyl (C=O) groups excluding carboxylic acids is 1. The van der Waals surface area contributed by atoms with Crippen LogP contribution in [0.25, 0.3) is 32.1 Å². The molecule has 278 valence electrons. The molecule has 2 N–H and O–H groups in total. The Kier molecular flexibility index (Phi) is 8.52. The SMILES string of the molecule is COC1CC(C(=O)N2CCC(N3CCOc4c(Cl)c(-c5ccc(F)c6sc(N)c(C#N)c56)c(F)c5nc(OC[C@@]67CCCN6C[C@H](F)C7)nc3c45)C2)C1. The number of nitrogen functional groups attached to an aromatic ring is 1. The summed E-state index contributed by atoms with van der Waals surface area (Å²) in [6, 6.07) is 4.34. The lowest BCUT2D eigenvalue weighted by Crippen LogP contribution is -2.45. The third-order valence-electron chi connectivity index (χ3n) is 11.9. The highest BCUT2D eigenvalue weighted by Gasteiger charge is 2.49. The fourth-order valence-corrected chi connectivity index (χ4v) is 10.4. The van der Waals surface area contributed by atoms with Gasteiger partial charge in [-0.2, -0.15) is 15.2 Å². The molecule has 6 heterocycles. The summed E-state index contributed by atoms with van der Waals surface area (Å²) in [5.74, 6) is -0.917. The van der Waals surface area contributed by atoms with Crippen LogP contribution in [0, 0.1) is 28.9 Å². The minimum absolute atomic E-state index is 0.0171. The first-order valence-electron chi connectivity index (χ1n) is 18.0. The van der Waals surface area contributed by atoms with Gasteiger partial charge in [-0.25, -0.2) is 13.2 Å². The van der Waals surface area contributed by atoms with E-state index in [2.05, 4.69) is 9.88 Å². The quantitative estimate of drug-likeness (QED) is 0.236. The Morgan fingerprint density at radius 2 is 2.04 bits per heavy atom. The predicted molar refractivity (Wildman–Crippen MR) is 194 cm³/mol. The number of hydrogen-bond donors (Lipinski definition) is 1. The number of ether oxygens (including phenoxy) is 3. The Balaban J connectivity index is 1.17. The summed E-state index contributed by atoms with van der Waals surface area (Å²) >= 11 is 7.98. The molecule has 1 amide bonds. The number of thiophene rings is 1. The lowest BCUT2D eigenvalue weighted by Gasteiger charge is -2.36. The van der Waals surface area contributed by atoms with E-state index in [-0.39, 0.29) is 96.6 Å². The van der Waals surface area contributed by atoms with Gasteiger partial charge in [0.05, 0.1) is 38.9 Å². The van der Waals surface area contributed by atoms with Crippen LogP contribution in [-0.2, 0) is 9.53 Å². The number of alkyl halides is 1. The number of hydrogen-bond acceptors (Lipinski definition) is 11. The van der Waals surface area contributed by atoms with Crippen molar-refractivity contribution >= 4 is 60.7 Å². The van der Waals surface area contributed by atoms with Crippen LogP contribution in [0.1, 0.15) is 44.1 Å². The summed E-state index contributed by atoms with van der Waals surface area (Å²) in [5, 5.41) is 10.4. The van der Waals surface area contributed by atoms with Crippen LogP contribution in [0.15, 0.2) is 12.1 Å². The van der Waals surface area contributed by atoms with Crippen molar-refractivity contribution in [2.75, 3.05) is 63.7 Å². The molecule has 4 fully saturated rings. The first-order valence-corrected chi connectivity index (χ1v) is 19.2. The zero-order valence-electron chi connectivity index (χ0n) is 29.0. The Hall–Kier alpha value is -4.10. The van der Waals surface area contributed by atoms with Crippen molar-refractivity contribution < 1.29 is 32.2 Å². The second kappa shape index (κ2) is 13.0. The fraction of sp³-hybridized carbons (Fsp3) is 0.514. The van der Waals surface area contributed by atoms with Crippen molar-refractivity contribution in [1.29, 1.82) is 5.26 Å². The topological polar surface area (TPSA) is 130 Å². The fourth-order valence-electron chi connectivity index (χ4n) is 9.16. The van der Waals surface area contributed by atoms with Gasteiger partial charge in [0.25, 0.3) is 0 Å². The number of nitriles is 1. The maximum absolute atomic E-state index is 17.4. The van der Waals surface area contributed by atoms with E-state index in [1.165, 1.54) is 12.1 Å². The molecular formula is C37H37ClF3N7O4S. The number of likely N-dealkylation sites (tertiary alicyclic amines) is 1. The van der Waals surface area contributed by atoms with Gasteiger partial charge in [-0.15, -0.1) is 11.3 Å². The molecule has 5 aliphatic rings. The second-order valence-electron chi connectivity index (χ2n) is 14.8. The van der Waals surface area contributed by atoms with Gasteiger partial charge >= 0.3 is 6.01 Å². The maximum atomic E-state index is 17.4. The number of nitrogens with zero attached hydrogens (tertiary/aromatic N) is 6. The number of aromatic nitrogens is 2. The molecule has 4 aromatic rings. The molecular weight excluding hydrogens is 731 g/mol. The molecule has 11 nitrogen and oxygen atoms in total. The van der Waals surface area contributed by atoms with Crippen molar-refractivity contribution in [3.8, 4) is 29.0 Å². The monoisotopic (exact) mass is 767 g/mol. The highest BCUT2D eigenvalue weighted by Crippen LogP contribution is 2.51. The van der Waals surface area contributed by atoms with Crippen LogP contribution < -0.4 is 20.1 Å².